The Kier molecular flexibility index (Phi) is 8.51. The number of amides is 2. The molecule has 0 aliphatic rings. The molecule has 3 rings (SSSR count). The highest BCUT2D eigenvalue weighted by Crippen LogP contribution is 2.30. The first-order valence-electron chi connectivity index (χ1n) is 10.9. The molecule has 6 N–H and O–H groups in total. The van der Waals surface area contributed by atoms with Crippen molar-refractivity contribution in [2.75, 3.05) is 32.0 Å². The number of nitrogens with two attached hydrogens (primary N) is 1. The molecule has 0 aliphatic heterocycles. The van der Waals surface area contributed by atoms with Gasteiger partial charge in [0.1, 0.15) is 11.6 Å². The quantitative estimate of drug-likeness (QED) is 0.256. The van der Waals surface area contributed by atoms with Gasteiger partial charge in [-0.3, -0.25) is 4.79 Å². The molecule has 1 aromatic carbocycles. The van der Waals surface area contributed by atoms with Gasteiger partial charge in [0.2, 0.25) is 11.8 Å². The van der Waals surface area contributed by atoms with Gasteiger partial charge >= 0.3 is 6.09 Å². The molecule has 37 heavy (non-hydrogen) atoms. The van der Waals surface area contributed by atoms with E-state index in [-0.39, 0.29) is 29.0 Å². The van der Waals surface area contributed by atoms with Crippen LogP contribution in [-0.4, -0.2) is 54.4 Å². The van der Waals surface area contributed by atoms with E-state index in [0.717, 1.165) is 6.07 Å². The van der Waals surface area contributed by atoms with Gasteiger partial charge in [-0.05, 0) is 30.7 Å². The van der Waals surface area contributed by atoms with Gasteiger partial charge in [0, 0.05) is 12.1 Å². The van der Waals surface area contributed by atoms with E-state index in [1.807, 2.05) is 0 Å². The number of pyridine rings is 2. The van der Waals surface area contributed by atoms with Crippen LogP contribution in [0, 0.1) is 5.82 Å². The fourth-order valence-electron chi connectivity index (χ4n) is 3.51. The van der Waals surface area contributed by atoms with Gasteiger partial charge in [0.15, 0.2) is 11.6 Å². The van der Waals surface area contributed by atoms with Gasteiger partial charge in [-0.2, -0.15) is 4.98 Å². The fraction of sp³-hybridized carbons (Fsp3) is 0.250. The maximum absolute atomic E-state index is 15.1. The summed E-state index contributed by atoms with van der Waals surface area (Å²) < 4.78 is 30.6. The Balaban J connectivity index is 2.04. The third-order valence-corrected chi connectivity index (χ3v) is 5.32. The van der Waals surface area contributed by atoms with Crippen LogP contribution in [0.3, 0.4) is 0 Å². The lowest BCUT2D eigenvalue weighted by Gasteiger charge is -2.27. The van der Waals surface area contributed by atoms with Crippen molar-refractivity contribution in [1.82, 2.24) is 15.3 Å². The molecule has 2 atom stereocenters. The standard InChI is InChI=1S/C24H27FN6O6/c1-12(27-24(33)34)20(13-5-7-15(35-2)8-6-13)30-23-17(25)11-16(21(26)32)22(31-23)28-14-9-18(36-3)29-19(10-14)37-4/h5-12,20,27H,1-4H3,(H2,26,32)(H,33,34)(H2,28,29,30,31)/t12-,20+/m0/s1. The highest BCUT2D eigenvalue weighted by molar-refractivity contribution is 5.98. The second-order valence-electron chi connectivity index (χ2n) is 7.78. The third-order valence-electron chi connectivity index (χ3n) is 5.32. The molecular weight excluding hydrogens is 487 g/mol. The van der Waals surface area contributed by atoms with Gasteiger partial charge in [-0.15, -0.1) is 0 Å². The first-order valence-corrected chi connectivity index (χ1v) is 10.9. The van der Waals surface area contributed by atoms with Crippen LogP contribution in [0.15, 0.2) is 42.5 Å². The molecule has 0 fully saturated rings. The van der Waals surface area contributed by atoms with Crippen molar-refractivity contribution in [2.24, 2.45) is 5.73 Å². The monoisotopic (exact) mass is 514 g/mol. The summed E-state index contributed by atoms with van der Waals surface area (Å²) in [6.45, 7) is 1.61. The second-order valence-corrected chi connectivity index (χ2v) is 7.78. The lowest BCUT2D eigenvalue weighted by molar-refractivity contribution is 0.1000. The maximum atomic E-state index is 15.1. The Morgan fingerprint density at radius 2 is 1.59 bits per heavy atom. The normalized spacial score (nSPS) is 12.1. The highest BCUT2D eigenvalue weighted by Gasteiger charge is 2.25. The van der Waals surface area contributed by atoms with Crippen LogP contribution < -0.4 is 35.9 Å². The second kappa shape index (κ2) is 11.7. The van der Waals surface area contributed by atoms with Crippen LogP contribution in [0.25, 0.3) is 0 Å². The van der Waals surface area contributed by atoms with Crippen molar-refractivity contribution >= 4 is 29.3 Å². The summed E-state index contributed by atoms with van der Waals surface area (Å²) in [6, 6.07) is 9.31. The predicted octanol–water partition coefficient (Wildman–Crippen LogP) is 3.29. The molecular formula is C24H27FN6O6. The average Bonchev–Trinajstić information content (AvgIpc) is 2.87. The van der Waals surface area contributed by atoms with Crippen LogP contribution >= 0.6 is 0 Å². The molecule has 3 aromatic rings. The Bertz CT molecular complexity index is 1250. The Morgan fingerprint density at radius 3 is 2.11 bits per heavy atom. The lowest BCUT2D eigenvalue weighted by Crippen LogP contribution is -2.39. The topological polar surface area (TPSA) is 170 Å². The number of aromatic nitrogens is 2. The van der Waals surface area contributed by atoms with E-state index in [4.69, 9.17) is 19.9 Å². The molecule has 0 spiro atoms. The minimum absolute atomic E-state index is 0.0565. The molecule has 12 nitrogen and oxygen atoms in total. The zero-order valence-corrected chi connectivity index (χ0v) is 20.5. The van der Waals surface area contributed by atoms with E-state index in [1.54, 1.807) is 31.2 Å². The van der Waals surface area contributed by atoms with E-state index in [0.29, 0.717) is 17.0 Å². The summed E-state index contributed by atoms with van der Waals surface area (Å²) in [5, 5.41) is 17.5. The summed E-state index contributed by atoms with van der Waals surface area (Å²) in [6.07, 6.45) is -1.26. The number of methoxy groups -OCH3 is 3. The van der Waals surface area contributed by atoms with Crippen LogP contribution in [0.5, 0.6) is 17.5 Å². The molecule has 2 aromatic heterocycles. The first-order chi connectivity index (χ1) is 17.6. The minimum atomic E-state index is -1.26. The van der Waals surface area contributed by atoms with Crippen molar-refractivity contribution in [3.63, 3.8) is 0 Å². The van der Waals surface area contributed by atoms with E-state index < -0.39 is 29.9 Å². The number of carboxylic acid groups (broad SMARTS) is 1. The number of carbonyl (C=O) groups excluding carboxylic acids is 1. The largest absolute Gasteiger partial charge is 0.497 e. The first kappa shape index (κ1) is 26.8. The van der Waals surface area contributed by atoms with Gasteiger partial charge in [-0.1, -0.05) is 12.1 Å². The highest BCUT2D eigenvalue weighted by atomic mass is 19.1. The SMILES string of the molecule is COc1ccc([C@H](Nc2nc(Nc3cc(OC)nc(OC)c3)c(C(N)=O)cc2F)[C@H](C)NC(=O)O)cc1. The number of ether oxygens (including phenoxy) is 3. The molecule has 0 saturated heterocycles. The number of hydrogen-bond donors (Lipinski definition) is 5. The maximum Gasteiger partial charge on any atom is 0.404 e. The molecule has 0 saturated carbocycles. The number of benzene rings is 1. The van der Waals surface area contributed by atoms with Crippen molar-refractivity contribution in [3.8, 4) is 17.5 Å². The van der Waals surface area contributed by atoms with Gasteiger partial charge in [0.05, 0.1) is 44.7 Å². The molecule has 196 valence electrons. The van der Waals surface area contributed by atoms with E-state index in [9.17, 15) is 14.7 Å². The Hall–Kier alpha value is -4.81. The van der Waals surface area contributed by atoms with E-state index in [2.05, 4.69) is 25.9 Å². The number of rotatable bonds is 11. The average molecular weight is 515 g/mol. The number of nitrogens with zero attached hydrogens (tertiary/aromatic N) is 2. The summed E-state index contributed by atoms with van der Waals surface area (Å²) >= 11 is 0. The molecule has 0 unspecified atom stereocenters. The smallest absolute Gasteiger partial charge is 0.404 e. The van der Waals surface area contributed by atoms with Gasteiger partial charge in [0.25, 0.3) is 5.91 Å². The zero-order valence-electron chi connectivity index (χ0n) is 20.5. The van der Waals surface area contributed by atoms with Crippen LogP contribution in [0.2, 0.25) is 0 Å². The Labute approximate surface area is 212 Å². The van der Waals surface area contributed by atoms with Crippen molar-refractivity contribution in [2.45, 2.75) is 19.0 Å². The van der Waals surface area contributed by atoms with E-state index in [1.165, 1.54) is 33.5 Å². The Morgan fingerprint density at radius 1 is 0.973 bits per heavy atom. The molecule has 0 aliphatic carbocycles. The summed E-state index contributed by atoms with van der Waals surface area (Å²) in [7, 11) is 4.36. The number of anilines is 3. The van der Waals surface area contributed by atoms with Crippen molar-refractivity contribution in [1.29, 1.82) is 0 Å². The minimum Gasteiger partial charge on any atom is -0.497 e. The van der Waals surface area contributed by atoms with Gasteiger partial charge in [-0.25, -0.2) is 14.2 Å². The van der Waals surface area contributed by atoms with Crippen molar-refractivity contribution < 1.29 is 33.3 Å². The van der Waals surface area contributed by atoms with Crippen LogP contribution in [0.1, 0.15) is 28.9 Å². The number of nitrogens with one attached hydrogen (secondary N) is 3. The fourth-order valence-corrected chi connectivity index (χ4v) is 3.51. The predicted molar refractivity (Wildman–Crippen MR) is 133 cm³/mol. The summed E-state index contributed by atoms with van der Waals surface area (Å²) in [5.74, 6) is -1.07. The molecule has 13 heteroatoms. The number of halogens is 1. The molecule has 2 heterocycles. The summed E-state index contributed by atoms with van der Waals surface area (Å²) in [4.78, 5) is 31.7. The van der Waals surface area contributed by atoms with Crippen LogP contribution in [0.4, 0.5) is 26.5 Å². The molecule has 2 amide bonds. The third kappa shape index (κ3) is 6.66. The molecule has 0 bridgehead atoms. The number of carbonyl (C=O) groups is 2. The summed E-state index contributed by atoms with van der Waals surface area (Å²) in [5.41, 5.74) is 6.26. The van der Waals surface area contributed by atoms with E-state index >= 15 is 4.39 Å². The van der Waals surface area contributed by atoms with Crippen LogP contribution in [-0.2, 0) is 0 Å². The number of primary amides is 1. The zero-order chi connectivity index (χ0) is 27.1. The molecule has 0 radical (unpaired) electrons. The lowest BCUT2D eigenvalue weighted by atomic mass is 10.00. The van der Waals surface area contributed by atoms with Gasteiger partial charge < -0.3 is 41.0 Å². The van der Waals surface area contributed by atoms with Crippen molar-refractivity contribution in [3.05, 3.63) is 59.4 Å². The number of hydrogen-bond acceptors (Lipinski definition) is 9.